The molecular weight excluding hydrogens is 1620 g/mol. The van der Waals surface area contributed by atoms with Crippen molar-refractivity contribution in [1.82, 2.24) is 52.3 Å². The maximum atomic E-state index is 16.0. The summed E-state index contributed by atoms with van der Waals surface area (Å²) in [5, 5.41) is 35.2. The molecule has 8 aromatic rings. The predicted octanol–water partition coefficient (Wildman–Crippen LogP) is 6.39. The van der Waals surface area contributed by atoms with Gasteiger partial charge in [-0.05, 0) is 216 Å². The number of hydrogen-bond acceptors (Lipinski definition) is 21. The number of nitrogens with one attached hydrogen (secondary N) is 8. The molecule has 10 rings (SSSR count). The second-order valence-corrected chi connectivity index (χ2v) is 31.7. The fourth-order valence-electron chi connectivity index (χ4n) is 14.7. The van der Waals surface area contributed by atoms with Crippen molar-refractivity contribution in [2.24, 2.45) is 28.7 Å². The van der Waals surface area contributed by atoms with Crippen LogP contribution in [0.25, 0.3) is 44.5 Å². The lowest BCUT2D eigenvalue weighted by Crippen LogP contribution is -2.56. The first kappa shape index (κ1) is 94.3. The Balaban J connectivity index is 1.03. The number of phenolic OH excluding ortho intramolecular Hbond substituents is 1. The molecule has 31 nitrogen and oxygen atoms in total. The summed E-state index contributed by atoms with van der Waals surface area (Å²) in [6.45, 7) is 8.52. The Morgan fingerprint density at radius 1 is 0.480 bits per heavy atom. The number of carbonyl (C=O) groups is 12. The molecule has 8 aromatic carbocycles. The normalized spacial score (nSPS) is 17.6. The van der Waals surface area contributed by atoms with Gasteiger partial charge in [0.05, 0.1) is 12.1 Å². The average Bonchev–Trinajstić information content (AvgIpc) is 0.772. The van der Waals surface area contributed by atoms with Crippen LogP contribution in [0.3, 0.4) is 0 Å². The molecule has 0 aliphatic carbocycles. The number of ether oxygens (including phenoxy) is 3. The van der Waals surface area contributed by atoms with Crippen LogP contribution in [0.15, 0.2) is 170 Å². The smallest absolute Gasteiger partial charge is 0.251 e. The summed E-state index contributed by atoms with van der Waals surface area (Å²) in [6, 6.07) is 33.9. The van der Waals surface area contributed by atoms with Crippen LogP contribution in [0.1, 0.15) is 141 Å². The number of amides is 10. The third-order valence-corrected chi connectivity index (χ3v) is 22.3. The van der Waals surface area contributed by atoms with Gasteiger partial charge in [0.15, 0.2) is 11.6 Å². The number of benzene rings is 8. The Bertz CT molecular complexity index is 5260. The van der Waals surface area contributed by atoms with Crippen molar-refractivity contribution < 1.29 is 76.9 Å². The van der Waals surface area contributed by atoms with Gasteiger partial charge in [0, 0.05) is 90.5 Å². The van der Waals surface area contributed by atoms with E-state index < -0.39 is 137 Å². The molecule has 660 valence electrons. The summed E-state index contributed by atoms with van der Waals surface area (Å²) in [4.78, 5) is 176. The zero-order valence-corrected chi connectivity index (χ0v) is 71.9. The molecule has 0 saturated heterocycles. The summed E-state index contributed by atoms with van der Waals surface area (Å²) in [5.41, 5.74) is 37.2. The number of fused-ring (bicyclic) bond motifs is 10. The summed E-state index contributed by atoms with van der Waals surface area (Å²) in [6.07, 6.45) is -1.07. The van der Waals surface area contributed by atoms with Gasteiger partial charge in [-0.15, -0.1) is 0 Å². The molecule has 0 aromatic heterocycles. The number of carbonyl (C=O) groups excluding carboxylic acids is 12. The van der Waals surface area contributed by atoms with Crippen molar-refractivity contribution in [3.05, 3.63) is 214 Å². The highest BCUT2D eigenvalue weighted by molar-refractivity contribution is 6.30. The number of halogens is 1. The second kappa shape index (κ2) is 43.9. The molecule has 19 N–H and O–H groups in total. The van der Waals surface area contributed by atoms with Crippen molar-refractivity contribution in [3.63, 3.8) is 0 Å². The number of likely N-dealkylation sites (N-methyl/N-ethyl adjacent to an activating group) is 2. The number of phenols is 1. The Morgan fingerprint density at radius 3 is 1.37 bits per heavy atom. The molecule has 0 spiro atoms. The topological polar surface area (TPSA) is 486 Å². The average molecular weight is 1730 g/mol. The van der Waals surface area contributed by atoms with Crippen LogP contribution in [-0.2, 0) is 67.3 Å². The lowest BCUT2D eigenvalue weighted by molar-refractivity contribution is -0.141. The molecule has 2 aliphatic rings. The van der Waals surface area contributed by atoms with E-state index in [1.807, 2.05) is 42.5 Å². The SMILES string of the molecule is CC(=O)[C@H](C)NC(=O)[C@@H]1Cc2ccc(OC(N)CCC[C@H](NC(=O)c3ccc(-c4ccc(Cl)cc4)cc3)C(=O)N(C)[C@@H]3C(=O)N[C@@H](C)C(=O)N[C@H](C(=O)N[C@@H](C)C(C)=O)Cc4ccc(OCCN)c(c4)-c4cc3ccc4OCCN)c(c2)-c2cc(cc(CN)c2O)[C@H](N(C)C(=O)[C@H](CCCCN)NC(=O)c2ccc(-c3ccccc3)cc2)C(=O)N[C@@H](C)C(=O)N1. The Hall–Kier alpha value is -12.9. The minimum atomic E-state index is -1.66. The zero-order chi connectivity index (χ0) is 90.5. The summed E-state index contributed by atoms with van der Waals surface area (Å²) in [5.74, 6) is -8.32. The highest BCUT2D eigenvalue weighted by atomic mass is 35.5. The molecule has 2 heterocycles. The fraction of sp³-hybridized carbons (Fsp3) is 0.355. The van der Waals surface area contributed by atoms with Crippen LogP contribution in [0.5, 0.6) is 23.0 Å². The maximum Gasteiger partial charge on any atom is 0.251 e. The fourth-order valence-corrected chi connectivity index (χ4v) is 14.8. The van der Waals surface area contributed by atoms with Gasteiger partial charge in [0.25, 0.3) is 11.8 Å². The van der Waals surface area contributed by atoms with E-state index in [4.69, 9.17) is 54.5 Å². The number of unbranched alkanes of at least 4 members (excludes halogenated alkanes) is 1. The van der Waals surface area contributed by atoms with Gasteiger partial charge in [0.2, 0.25) is 47.3 Å². The Kier molecular flexibility index (Phi) is 33.1. The van der Waals surface area contributed by atoms with Crippen LogP contribution in [0.4, 0.5) is 0 Å². The van der Waals surface area contributed by atoms with Crippen LogP contribution >= 0.6 is 11.6 Å². The predicted molar refractivity (Wildman–Crippen MR) is 473 cm³/mol. The number of nitrogens with zero attached hydrogens (tertiary/aromatic N) is 2. The van der Waals surface area contributed by atoms with Crippen LogP contribution in [0, 0.1) is 0 Å². The second-order valence-electron chi connectivity index (χ2n) is 31.3. The molecule has 32 heteroatoms. The van der Waals surface area contributed by atoms with Crippen molar-refractivity contribution in [1.29, 1.82) is 0 Å². The summed E-state index contributed by atoms with van der Waals surface area (Å²) >= 11 is 6.23. The molecule has 10 amide bonds. The van der Waals surface area contributed by atoms with Gasteiger partial charge < -0.3 is 94.6 Å². The van der Waals surface area contributed by atoms with Crippen LogP contribution in [-0.4, -0.2) is 187 Å². The first-order valence-corrected chi connectivity index (χ1v) is 41.9. The Morgan fingerprint density at radius 2 is 0.904 bits per heavy atom. The Labute approximate surface area is 730 Å². The van der Waals surface area contributed by atoms with Crippen molar-refractivity contribution >= 4 is 82.2 Å². The summed E-state index contributed by atoms with van der Waals surface area (Å²) in [7, 11) is 2.71. The minimum absolute atomic E-state index is 0.00650. The molecule has 11 atom stereocenters. The van der Waals surface area contributed by atoms with E-state index in [-0.39, 0.29) is 134 Å². The van der Waals surface area contributed by atoms with Gasteiger partial charge >= 0.3 is 0 Å². The van der Waals surface area contributed by atoms with Gasteiger partial charge in [-0.25, -0.2) is 0 Å². The quantitative estimate of drug-likeness (QED) is 0.0156. The van der Waals surface area contributed by atoms with Gasteiger partial charge in [-0.2, -0.15) is 0 Å². The number of aromatic hydroxyl groups is 1. The number of ketones is 2. The van der Waals surface area contributed by atoms with Crippen molar-refractivity contribution in [2.45, 2.75) is 166 Å². The monoisotopic (exact) mass is 1730 g/mol. The maximum absolute atomic E-state index is 16.0. The largest absolute Gasteiger partial charge is 0.507 e. The van der Waals surface area contributed by atoms with E-state index in [1.165, 1.54) is 73.8 Å². The molecule has 125 heavy (non-hydrogen) atoms. The van der Waals surface area contributed by atoms with E-state index in [1.54, 1.807) is 109 Å². The molecular formula is C93H110ClN15O16. The van der Waals surface area contributed by atoms with E-state index >= 15 is 19.2 Å². The van der Waals surface area contributed by atoms with Gasteiger partial charge in [-0.3, -0.25) is 63.3 Å². The molecule has 0 fully saturated rings. The number of nitrogens with two attached hydrogens (primary N) is 5. The summed E-state index contributed by atoms with van der Waals surface area (Å²) < 4.78 is 19.2. The van der Waals surface area contributed by atoms with E-state index in [2.05, 4.69) is 42.5 Å². The molecule has 1 unspecified atom stereocenters. The van der Waals surface area contributed by atoms with E-state index in [0.717, 1.165) is 32.1 Å². The van der Waals surface area contributed by atoms with Crippen molar-refractivity contribution in [3.8, 4) is 67.5 Å². The highest BCUT2D eigenvalue weighted by Crippen LogP contribution is 2.44. The first-order valence-electron chi connectivity index (χ1n) is 41.5. The van der Waals surface area contributed by atoms with E-state index in [9.17, 15) is 43.5 Å². The number of hydrogen-bond donors (Lipinski definition) is 14. The molecule has 2 aliphatic heterocycles. The third-order valence-electron chi connectivity index (χ3n) is 22.0. The number of rotatable bonds is 33. The van der Waals surface area contributed by atoms with Gasteiger partial charge in [-0.1, -0.05) is 96.5 Å². The number of Topliss-reactive ketones (excluding diaryl/α,β-unsaturated/α-hetero) is 2. The van der Waals surface area contributed by atoms with E-state index in [0.29, 0.717) is 45.9 Å². The first-order chi connectivity index (χ1) is 59.8. The van der Waals surface area contributed by atoms with Crippen LogP contribution < -0.4 is 85.4 Å². The lowest BCUT2D eigenvalue weighted by Gasteiger charge is -2.33. The standard InChI is InChI=1S/C93H110ClN15O16/c1-51(55(5)110)100-88(117)75-45-57-20-35-77(123-41-39-96)69(43-57)71-48-65(32-37-78(71)124-42-40-97)81(90(119)102-53(3)84(113)106-75)108(7)93(122)74(105-87(116)64-28-24-61(25-29-64)62-30-33-68(94)34-31-62)18-14-19-80(99)125-79-36-21-58-44-70(79)72-49-66(47-67(50-98)83(72)112)82(91(120)103-54(4)85(114)107-76(46-58)89(118)101-52(2)56(6)111)109(8)92(121)73(17-12-13-38-95)104-86(115)63-26-22-60(23-27-63)59-15-10-9-11-16-59/h9-11,15-16,20-37,43-44,47-49,51-54,73-76,80-82,112H,12-14,17-19,38-42,45-46,50,95-99H2,1-8H3,(H,100,117)(H,101,118)(H,102,119)(H,103,120)(H,104,115)(H,105,116)(H,106,113)(H,107,114)/t51-,52-,53-,54-,73-,74-,75-,76-,80?,81-,82-/m0/s1. The zero-order valence-electron chi connectivity index (χ0n) is 71.1. The van der Waals surface area contributed by atoms with Crippen LogP contribution in [0.2, 0.25) is 5.02 Å². The molecule has 0 radical (unpaired) electrons. The minimum Gasteiger partial charge on any atom is -0.507 e. The van der Waals surface area contributed by atoms with Crippen molar-refractivity contribution in [2.75, 3.05) is 46.9 Å². The lowest BCUT2D eigenvalue weighted by atomic mass is 9.91. The van der Waals surface area contributed by atoms with Gasteiger partial charge in [0.1, 0.15) is 90.8 Å². The highest BCUT2D eigenvalue weighted by Gasteiger charge is 2.40. The molecule has 8 bridgehead atoms. The third kappa shape index (κ3) is 24.3. The molecule has 0 saturated carbocycles.